The summed E-state index contributed by atoms with van der Waals surface area (Å²) in [5.41, 5.74) is 2.47. The molecule has 1 heterocycles. The maximum absolute atomic E-state index is 13.3. The molecular formula is C27H31NO4S. The summed E-state index contributed by atoms with van der Waals surface area (Å²) >= 11 is 1.39. The number of benzene rings is 2. The van der Waals surface area contributed by atoms with E-state index >= 15 is 0 Å². The van der Waals surface area contributed by atoms with Crippen molar-refractivity contribution >= 4 is 28.2 Å². The molecule has 2 aromatic carbocycles. The highest BCUT2D eigenvalue weighted by atomic mass is 32.1. The highest BCUT2D eigenvalue weighted by Crippen LogP contribution is 2.41. The van der Waals surface area contributed by atoms with Gasteiger partial charge in [0.05, 0.1) is 13.2 Å². The van der Waals surface area contributed by atoms with E-state index < -0.39 is 11.4 Å². The van der Waals surface area contributed by atoms with Gasteiger partial charge in [-0.1, -0.05) is 56.3 Å². The Balaban J connectivity index is 1.95. The monoisotopic (exact) mass is 465 g/mol. The van der Waals surface area contributed by atoms with Crippen molar-refractivity contribution < 1.29 is 19.1 Å². The van der Waals surface area contributed by atoms with Crippen LogP contribution in [0.2, 0.25) is 0 Å². The number of nitrogens with one attached hydrogen (secondary N) is 1. The van der Waals surface area contributed by atoms with Gasteiger partial charge in [0.15, 0.2) is 0 Å². The lowest BCUT2D eigenvalue weighted by molar-refractivity contribution is -0.123. The number of amides is 1. The second-order valence-corrected chi connectivity index (χ2v) is 9.64. The molecule has 6 heteroatoms. The van der Waals surface area contributed by atoms with E-state index in [2.05, 4.69) is 5.32 Å². The molecule has 0 unspecified atom stereocenters. The van der Waals surface area contributed by atoms with Crippen LogP contribution in [0.3, 0.4) is 0 Å². The number of hydrogen-bond acceptors (Lipinski definition) is 5. The Kier molecular flexibility index (Phi) is 7.92. The van der Waals surface area contributed by atoms with Crippen molar-refractivity contribution in [2.45, 2.75) is 41.0 Å². The minimum Gasteiger partial charge on any atom is -0.494 e. The molecule has 0 bridgehead atoms. The molecule has 0 radical (unpaired) electrons. The van der Waals surface area contributed by atoms with Gasteiger partial charge >= 0.3 is 5.97 Å². The molecule has 0 spiro atoms. The van der Waals surface area contributed by atoms with Crippen LogP contribution in [0.25, 0.3) is 11.1 Å². The molecule has 0 saturated heterocycles. The second kappa shape index (κ2) is 10.7. The van der Waals surface area contributed by atoms with Crippen molar-refractivity contribution in [3.8, 4) is 16.9 Å². The smallest absolute Gasteiger partial charge is 0.341 e. The fourth-order valence-corrected chi connectivity index (χ4v) is 4.78. The van der Waals surface area contributed by atoms with Crippen LogP contribution >= 0.6 is 11.3 Å². The van der Waals surface area contributed by atoms with Gasteiger partial charge in [0.1, 0.15) is 16.3 Å². The first-order valence-electron chi connectivity index (χ1n) is 11.2. The molecule has 33 heavy (non-hydrogen) atoms. The van der Waals surface area contributed by atoms with E-state index in [1.54, 1.807) is 6.92 Å². The Morgan fingerprint density at radius 3 is 2.24 bits per heavy atom. The van der Waals surface area contributed by atoms with E-state index in [9.17, 15) is 9.59 Å². The summed E-state index contributed by atoms with van der Waals surface area (Å²) in [6.45, 7) is 10.3. The quantitative estimate of drug-likeness (QED) is 0.366. The molecule has 174 valence electrons. The van der Waals surface area contributed by atoms with Crippen molar-refractivity contribution in [2.24, 2.45) is 5.41 Å². The zero-order chi connectivity index (χ0) is 24.0. The number of rotatable bonds is 9. The van der Waals surface area contributed by atoms with Gasteiger partial charge in [0.25, 0.3) is 0 Å². The lowest BCUT2D eigenvalue weighted by Crippen LogP contribution is -2.33. The summed E-state index contributed by atoms with van der Waals surface area (Å²) in [4.78, 5) is 27.2. The van der Waals surface area contributed by atoms with Gasteiger partial charge in [0.2, 0.25) is 5.91 Å². The first-order chi connectivity index (χ1) is 15.8. The molecule has 0 saturated carbocycles. The molecule has 0 fully saturated rings. The molecule has 1 aromatic heterocycles. The first-order valence-corrected chi connectivity index (χ1v) is 12.0. The molecule has 0 aliphatic rings. The van der Waals surface area contributed by atoms with Gasteiger partial charge in [-0.3, -0.25) is 4.79 Å². The Morgan fingerprint density at radius 2 is 1.64 bits per heavy atom. The number of carbonyl (C=O) groups excluding carboxylic acids is 2. The molecule has 3 aromatic rings. The van der Waals surface area contributed by atoms with Crippen LogP contribution in [0.5, 0.6) is 5.75 Å². The van der Waals surface area contributed by atoms with Crippen LogP contribution in [-0.2, 0) is 16.0 Å². The zero-order valence-corrected chi connectivity index (χ0v) is 20.7. The number of anilines is 1. The second-order valence-electron chi connectivity index (χ2n) is 8.42. The summed E-state index contributed by atoms with van der Waals surface area (Å²) in [6, 6.07) is 17.5. The Morgan fingerprint density at radius 1 is 0.970 bits per heavy atom. The molecule has 0 aliphatic carbocycles. The van der Waals surface area contributed by atoms with Gasteiger partial charge in [-0.15, -0.1) is 11.3 Å². The largest absolute Gasteiger partial charge is 0.494 e. The Hall–Kier alpha value is -3.12. The van der Waals surface area contributed by atoms with E-state index in [1.165, 1.54) is 11.3 Å². The number of hydrogen-bond donors (Lipinski definition) is 1. The summed E-state index contributed by atoms with van der Waals surface area (Å²) in [6.07, 6.45) is 0.588. The van der Waals surface area contributed by atoms with E-state index in [-0.39, 0.29) is 12.5 Å². The molecule has 1 N–H and O–H groups in total. The highest BCUT2D eigenvalue weighted by molar-refractivity contribution is 7.17. The van der Waals surface area contributed by atoms with Crippen LogP contribution in [0, 0.1) is 12.3 Å². The van der Waals surface area contributed by atoms with Gasteiger partial charge in [-0.05, 0) is 50.5 Å². The minimum atomic E-state index is -0.662. The van der Waals surface area contributed by atoms with E-state index in [0.717, 1.165) is 27.3 Å². The lowest BCUT2D eigenvalue weighted by Gasteiger charge is -2.23. The standard InChI is InChI=1S/C27H31NO4S/c1-6-31-21-15-13-20(14-16-21)22-18(3)33-24(23(22)25(29)32-7-2)28-26(30)27(4,5)17-19-11-9-8-10-12-19/h8-16H,6-7,17H2,1-5H3,(H,28,30). The van der Waals surface area contributed by atoms with Crippen molar-refractivity contribution in [1.82, 2.24) is 0 Å². The van der Waals surface area contributed by atoms with Gasteiger partial charge in [0, 0.05) is 15.9 Å². The average Bonchev–Trinajstić information content (AvgIpc) is 3.10. The average molecular weight is 466 g/mol. The topological polar surface area (TPSA) is 64.6 Å². The predicted molar refractivity (Wildman–Crippen MR) is 134 cm³/mol. The molecule has 1 amide bonds. The fraction of sp³-hybridized carbons (Fsp3) is 0.333. The fourth-order valence-electron chi connectivity index (χ4n) is 3.72. The maximum Gasteiger partial charge on any atom is 0.341 e. The van der Waals surface area contributed by atoms with Crippen molar-refractivity contribution in [3.05, 3.63) is 70.6 Å². The Labute approximate surface area is 199 Å². The Bertz CT molecular complexity index is 1100. The predicted octanol–water partition coefficient (Wildman–Crippen LogP) is 6.51. The van der Waals surface area contributed by atoms with E-state index in [1.807, 2.05) is 82.3 Å². The van der Waals surface area contributed by atoms with Gasteiger partial charge in [-0.2, -0.15) is 0 Å². The third-order valence-electron chi connectivity index (χ3n) is 5.35. The summed E-state index contributed by atoms with van der Waals surface area (Å²) < 4.78 is 10.9. The van der Waals surface area contributed by atoms with Crippen LogP contribution in [0.1, 0.15) is 48.5 Å². The van der Waals surface area contributed by atoms with Crippen molar-refractivity contribution in [2.75, 3.05) is 18.5 Å². The number of aryl methyl sites for hydroxylation is 1. The minimum absolute atomic E-state index is 0.142. The molecule has 0 aliphatic heterocycles. The molecule has 5 nitrogen and oxygen atoms in total. The normalized spacial score (nSPS) is 11.2. The van der Waals surface area contributed by atoms with Gasteiger partial charge in [-0.25, -0.2) is 4.79 Å². The SMILES string of the molecule is CCOC(=O)c1c(NC(=O)C(C)(C)Cc2ccccc2)sc(C)c1-c1ccc(OCC)cc1. The molecule has 0 atom stereocenters. The van der Waals surface area contributed by atoms with Crippen LogP contribution < -0.4 is 10.1 Å². The van der Waals surface area contributed by atoms with Crippen LogP contribution in [0.4, 0.5) is 5.00 Å². The third kappa shape index (κ3) is 5.82. The van der Waals surface area contributed by atoms with Crippen molar-refractivity contribution in [3.63, 3.8) is 0 Å². The van der Waals surface area contributed by atoms with Crippen molar-refractivity contribution in [1.29, 1.82) is 0 Å². The van der Waals surface area contributed by atoms with Gasteiger partial charge < -0.3 is 14.8 Å². The summed E-state index contributed by atoms with van der Waals surface area (Å²) in [5, 5.41) is 3.54. The highest BCUT2D eigenvalue weighted by Gasteiger charge is 2.31. The number of carbonyl (C=O) groups is 2. The number of thiophene rings is 1. The molecule has 3 rings (SSSR count). The van der Waals surface area contributed by atoms with E-state index in [4.69, 9.17) is 9.47 Å². The first kappa shape index (κ1) is 24.5. The summed E-state index contributed by atoms with van der Waals surface area (Å²) in [7, 11) is 0. The van der Waals surface area contributed by atoms with E-state index in [0.29, 0.717) is 23.6 Å². The zero-order valence-electron chi connectivity index (χ0n) is 19.9. The number of ether oxygens (including phenoxy) is 2. The maximum atomic E-state index is 13.3. The molecular weight excluding hydrogens is 434 g/mol. The van der Waals surface area contributed by atoms with Crippen LogP contribution in [0.15, 0.2) is 54.6 Å². The summed E-state index contributed by atoms with van der Waals surface area (Å²) in [5.74, 6) is 0.182. The third-order valence-corrected chi connectivity index (χ3v) is 6.37. The lowest BCUT2D eigenvalue weighted by atomic mass is 9.85. The van der Waals surface area contributed by atoms with Crippen LogP contribution in [-0.4, -0.2) is 25.1 Å². The number of esters is 1.